The molecule has 0 fully saturated rings. The summed E-state index contributed by atoms with van der Waals surface area (Å²) in [4.78, 5) is 24.3. The van der Waals surface area contributed by atoms with Gasteiger partial charge in [-0.25, -0.2) is 0 Å². The van der Waals surface area contributed by atoms with Crippen LogP contribution in [0.3, 0.4) is 0 Å². The molecule has 0 aliphatic carbocycles. The fraction of sp³-hybridized carbons (Fsp3) is 0.250. The topological polar surface area (TPSA) is 97.9 Å². The van der Waals surface area contributed by atoms with Gasteiger partial charge in [-0.15, -0.1) is 0 Å². The van der Waals surface area contributed by atoms with E-state index in [-0.39, 0.29) is 11.7 Å². The number of thiocarbonyl (C=S) groups is 1. The first-order valence-corrected chi connectivity index (χ1v) is 10.3. The molecular weight excluding hydrogens is 474 g/mol. The normalized spacial score (nSPS) is 10.1. The van der Waals surface area contributed by atoms with Gasteiger partial charge in [0.1, 0.15) is 18.1 Å². The largest absolute Gasteiger partial charge is 0.490 e. The number of carbonyl (C=O) groups excluding carboxylic acids is 2. The predicted molar refractivity (Wildman–Crippen MR) is 119 cm³/mol. The van der Waals surface area contributed by atoms with E-state index in [0.29, 0.717) is 36.9 Å². The minimum Gasteiger partial charge on any atom is -0.490 e. The van der Waals surface area contributed by atoms with Crippen LogP contribution in [0.25, 0.3) is 0 Å². The molecule has 2 aromatic carbocycles. The second-order valence-corrected chi connectivity index (χ2v) is 7.06. The van der Waals surface area contributed by atoms with E-state index in [9.17, 15) is 9.59 Å². The number of halogens is 1. The van der Waals surface area contributed by atoms with Crippen molar-refractivity contribution >= 4 is 45.1 Å². The van der Waals surface area contributed by atoms with E-state index in [1.807, 2.05) is 6.92 Å². The molecule has 2 rings (SSSR count). The Kier molecular flexibility index (Phi) is 10.1. The van der Waals surface area contributed by atoms with E-state index in [4.69, 9.17) is 26.4 Å². The SMILES string of the molecule is CCOCCOc1ccccc1C(=O)NC(=S)NNC(=O)COc1ccc(Br)cc1. The smallest absolute Gasteiger partial charge is 0.276 e. The summed E-state index contributed by atoms with van der Waals surface area (Å²) >= 11 is 8.36. The summed E-state index contributed by atoms with van der Waals surface area (Å²) in [5, 5.41) is 2.41. The minimum absolute atomic E-state index is 0.0684. The Balaban J connectivity index is 1.77. The summed E-state index contributed by atoms with van der Waals surface area (Å²) < 4.78 is 17.1. The van der Waals surface area contributed by atoms with Crippen LogP contribution in [0.4, 0.5) is 0 Å². The average molecular weight is 496 g/mol. The zero-order valence-corrected chi connectivity index (χ0v) is 18.7. The molecule has 0 atom stereocenters. The van der Waals surface area contributed by atoms with E-state index >= 15 is 0 Å². The van der Waals surface area contributed by atoms with Gasteiger partial charge in [0, 0.05) is 11.1 Å². The zero-order valence-electron chi connectivity index (χ0n) is 16.3. The van der Waals surface area contributed by atoms with Gasteiger partial charge in [-0.2, -0.15) is 0 Å². The van der Waals surface area contributed by atoms with Crippen molar-refractivity contribution in [2.45, 2.75) is 6.92 Å². The lowest BCUT2D eigenvalue weighted by atomic mass is 10.2. The van der Waals surface area contributed by atoms with Crippen molar-refractivity contribution in [3.05, 3.63) is 58.6 Å². The van der Waals surface area contributed by atoms with Crippen LogP contribution in [0.15, 0.2) is 53.0 Å². The molecular formula is C20H22BrN3O5S. The lowest BCUT2D eigenvalue weighted by molar-refractivity contribution is -0.123. The summed E-state index contributed by atoms with van der Waals surface area (Å²) in [6.45, 7) is 2.99. The first-order chi connectivity index (χ1) is 14.5. The van der Waals surface area contributed by atoms with Crippen LogP contribution in [-0.2, 0) is 9.53 Å². The third-order valence-corrected chi connectivity index (χ3v) is 4.28. The number of ether oxygens (including phenoxy) is 3. The number of nitrogens with one attached hydrogen (secondary N) is 3. The molecule has 0 saturated heterocycles. The maximum Gasteiger partial charge on any atom is 0.276 e. The summed E-state index contributed by atoms with van der Waals surface area (Å²) in [5.41, 5.74) is 5.12. The van der Waals surface area contributed by atoms with Gasteiger partial charge in [-0.3, -0.25) is 25.8 Å². The van der Waals surface area contributed by atoms with Crippen molar-refractivity contribution in [1.82, 2.24) is 16.2 Å². The Morgan fingerprint density at radius 3 is 2.47 bits per heavy atom. The van der Waals surface area contributed by atoms with Crippen molar-refractivity contribution in [3.8, 4) is 11.5 Å². The number of rotatable bonds is 9. The van der Waals surface area contributed by atoms with Crippen molar-refractivity contribution < 1.29 is 23.8 Å². The highest BCUT2D eigenvalue weighted by Gasteiger charge is 2.14. The van der Waals surface area contributed by atoms with Crippen LogP contribution < -0.4 is 25.6 Å². The standard InChI is InChI=1S/C20H22BrN3O5S/c1-2-27-11-12-28-17-6-4-3-5-16(17)19(26)22-20(30)24-23-18(25)13-29-15-9-7-14(21)8-10-15/h3-10H,2,11-13H2,1H3,(H,23,25)(H2,22,24,26,30). The maximum atomic E-state index is 12.5. The highest BCUT2D eigenvalue weighted by molar-refractivity contribution is 9.10. The molecule has 0 unspecified atom stereocenters. The second-order valence-electron chi connectivity index (χ2n) is 5.74. The number of amides is 2. The molecule has 0 aromatic heterocycles. The van der Waals surface area contributed by atoms with Crippen LogP contribution in [-0.4, -0.2) is 43.4 Å². The fourth-order valence-corrected chi connectivity index (χ4v) is 2.59. The van der Waals surface area contributed by atoms with Gasteiger partial charge in [0.25, 0.3) is 11.8 Å². The lowest BCUT2D eigenvalue weighted by Gasteiger charge is -2.13. The number of para-hydroxylation sites is 1. The molecule has 0 heterocycles. The molecule has 0 spiro atoms. The Labute approximate surface area is 188 Å². The Morgan fingerprint density at radius 2 is 1.73 bits per heavy atom. The van der Waals surface area contributed by atoms with Crippen molar-refractivity contribution in [2.24, 2.45) is 0 Å². The highest BCUT2D eigenvalue weighted by Crippen LogP contribution is 2.18. The van der Waals surface area contributed by atoms with Gasteiger partial charge in [-0.1, -0.05) is 28.1 Å². The van der Waals surface area contributed by atoms with E-state index in [2.05, 4.69) is 32.1 Å². The summed E-state index contributed by atoms with van der Waals surface area (Å²) in [6, 6.07) is 13.8. The summed E-state index contributed by atoms with van der Waals surface area (Å²) in [7, 11) is 0. The van der Waals surface area contributed by atoms with E-state index < -0.39 is 11.8 Å². The molecule has 0 saturated carbocycles. The molecule has 30 heavy (non-hydrogen) atoms. The van der Waals surface area contributed by atoms with Gasteiger partial charge in [0.15, 0.2) is 11.7 Å². The molecule has 160 valence electrons. The molecule has 0 radical (unpaired) electrons. The summed E-state index contributed by atoms with van der Waals surface area (Å²) in [5.74, 6) is 0.0173. The van der Waals surface area contributed by atoms with Crippen molar-refractivity contribution in [2.75, 3.05) is 26.4 Å². The van der Waals surface area contributed by atoms with Crippen molar-refractivity contribution in [3.63, 3.8) is 0 Å². The minimum atomic E-state index is -0.472. The van der Waals surface area contributed by atoms with Gasteiger partial charge < -0.3 is 14.2 Å². The van der Waals surface area contributed by atoms with Crippen molar-refractivity contribution in [1.29, 1.82) is 0 Å². The fourth-order valence-electron chi connectivity index (χ4n) is 2.18. The summed E-state index contributed by atoms with van der Waals surface area (Å²) in [6.07, 6.45) is 0. The molecule has 8 nitrogen and oxygen atoms in total. The Bertz CT molecular complexity index is 864. The maximum absolute atomic E-state index is 12.5. The van der Waals surface area contributed by atoms with E-state index in [1.165, 1.54) is 0 Å². The molecule has 3 N–H and O–H groups in total. The van der Waals surface area contributed by atoms with Gasteiger partial charge in [0.2, 0.25) is 0 Å². The monoisotopic (exact) mass is 495 g/mol. The van der Waals surface area contributed by atoms with Crippen LogP contribution in [0.1, 0.15) is 17.3 Å². The molecule has 0 bridgehead atoms. The number of benzene rings is 2. The first-order valence-electron chi connectivity index (χ1n) is 9.07. The number of hydrogen-bond donors (Lipinski definition) is 3. The third-order valence-electron chi connectivity index (χ3n) is 3.55. The first kappa shape index (κ1) is 23.6. The van der Waals surface area contributed by atoms with Crippen LogP contribution in [0, 0.1) is 0 Å². The number of hydrazine groups is 1. The van der Waals surface area contributed by atoms with Crippen LogP contribution >= 0.6 is 28.1 Å². The van der Waals surface area contributed by atoms with E-state index in [0.717, 1.165) is 4.47 Å². The molecule has 2 aromatic rings. The van der Waals surface area contributed by atoms with Crippen LogP contribution in [0.5, 0.6) is 11.5 Å². The molecule has 2 amide bonds. The van der Waals surface area contributed by atoms with Gasteiger partial charge in [-0.05, 0) is 55.5 Å². The quantitative estimate of drug-likeness (QED) is 0.279. The average Bonchev–Trinajstić information content (AvgIpc) is 2.75. The Morgan fingerprint density at radius 1 is 1.00 bits per heavy atom. The van der Waals surface area contributed by atoms with Crippen LogP contribution in [0.2, 0.25) is 0 Å². The highest BCUT2D eigenvalue weighted by atomic mass is 79.9. The second kappa shape index (κ2) is 12.8. The zero-order chi connectivity index (χ0) is 21.8. The Hall–Kier alpha value is -2.69. The predicted octanol–water partition coefficient (Wildman–Crippen LogP) is 2.58. The third kappa shape index (κ3) is 8.36. The molecule has 10 heteroatoms. The van der Waals surface area contributed by atoms with Gasteiger partial charge in [0.05, 0.1) is 12.2 Å². The van der Waals surface area contributed by atoms with Gasteiger partial charge >= 0.3 is 0 Å². The van der Waals surface area contributed by atoms with E-state index in [1.54, 1.807) is 48.5 Å². The molecule has 0 aliphatic rings. The lowest BCUT2D eigenvalue weighted by Crippen LogP contribution is -2.49. The number of carbonyl (C=O) groups is 2. The number of hydrogen-bond acceptors (Lipinski definition) is 6. The molecule has 0 aliphatic heterocycles.